The Bertz CT molecular complexity index is 826. The fourth-order valence-electron chi connectivity index (χ4n) is 2.42. The predicted octanol–water partition coefficient (Wildman–Crippen LogP) is 3.87. The van der Waals surface area contributed by atoms with Crippen LogP contribution in [0.1, 0.15) is 16.7 Å². The molecule has 0 unspecified atom stereocenters. The van der Waals surface area contributed by atoms with Crippen LogP contribution in [0, 0.1) is 20.8 Å². The van der Waals surface area contributed by atoms with Crippen molar-refractivity contribution < 1.29 is 4.42 Å². The number of benzene rings is 2. The molecule has 18 heavy (non-hydrogen) atoms. The lowest BCUT2D eigenvalue weighted by Crippen LogP contribution is -2.03. The molecule has 1 aromatic heterocycles. The van der Waals surface area contributed by atoms with Crippen LogP contribution < -0.4 is 5.43 Å². The molecule has 0 bridgehead atoms. The van der Waals surface area contributed by atoms with E-state index < -0.39 is 0 Å². The van der Waals surface area contributed by atoms with Crippen molar-refractivity contribution in [2.24, 2.45) is 0 Å². The van der Waals surface area contributed by atoms with E-state index in [1.54, 1.807) is 0 Å². The van der Waals surface area contributed by atoms with Gasteiger partial charge in [0.05, 0.1) is 10.8 Å². The SMILES string of the molecule is Cc1ccc2oc3c(C)cc(C)cc3c(=O)c2c1. The molecule has 0 saturated heterocycles. The molecule has 0 N–H and O–H groups in total. The summed E-state index contributed by atoms with van der Waals surface area (Å²) >= 11 is 0. The van der Waals surface area contributed by atoms with Crippen molar-refractivity contribution in [2.45, 2.75) is 20.8 Å². The van der Waals surface area contributed by atoms with Crippen LogP contribution in [-0.4, -0.2) is 0 Å². The summed E-state index contributed by atoms with van der Waals surface area (Å²) in [7, 11) is 0. The van der Waals surface area contributed by atoms with Gasteiger partial charge in [0.1, 0.15) is 11.2 Å². The Labute approximate surface area is 105 Å². The van der Waals surface area contributed by atoms with E-state index in [0.717, 1.165) is 16.7 Å². The minimum atomic E-state index is 0.0572. The van der Waals surface area contributed by atoms with E-state index in [4.69, 9.17) is 4.42 Å². The van der Waals surface area contributed by atoms with Crippen LogP contribution in [-0.2, 0) is 0 Å². The highest BCUT2D eigenvalue weighted by molar-refractivity contribution is 5.91. The first-order valence-electron chi connectivity index (χ1n) is 6.01. The number of hydrogen-bond acceptors (Lipinski definition) is 2. The molecule has 2 nitrogen and oxygen atoms in total. The number of rotatable bonds is 0. The first kappa shape index (κ1) is 11.0. The maximum atomic E-state index is 12.5. The molecular weight excluding hydrogens is 224 g/mol. The summed E-state index contributed by atoms with van der Waals surface area (Å²) in [6.45, 7) is 5.94. The van der Waals surface area contributed by atoms with E-state index >= 15 is 0 Å². The van der Waals surface area contributed by atoms with E-state index in [-0.39, 0.29) is 5.43 Å². The maximum Gasteiger partial charge on any atom is 0.200 e. The summed E-state index contributed by atoms with van der Waals surface area (Å²) in [6.07, 6.45) is 0. The van der Waals surface area contributed by atoms with Gasteiger partial charge >= 0.3 is 0 Å². The second kappa shape index (κ2) is 3.70. The minimum Gasteiger partial charge on any atom is -0.456 e. The Morgan fingerprint density at radius 2 is 1.61 bits per heavy atom. The van der Waals surface area contributed by atoms with Crippen LogP contribution >= 0.6 is 0 Å². The highest BCUT2D eigenvalue weighted by Gasteiger charge is 2.10. The fourth-order valence-corrected chi connectivity index (χ4v) is 2.42. The molecule has 0 aliphatic rings. The molecule has 2 aromatic carbocycles. The van der Waals surface area contributed by atoms with Crippen LogP contribution in [0.4, 0.5) is 0 Å². The van der Waals surface area contributed by atoms with Gasteiger partial charge in [0.2, 0.25) is 5.43 Å². The van der Waals surface area contributed by atoms with Crippen molar-refractivity contribution in [1.82, 2.24) is 0 Å². The third-order valence-corrected chi connectivity index (χ3v) is 3.26. The van der Waals surface area contributed by atoms with Gasteiger partial charge in [-0.3, -0.25) is 4.79 Å². The van der Waals surface area contributed by atoms with E-state index in [2.05, 4.69) is 0 Å². The quantitative estimate of drug-likeness (QED) is 0.556. The predicted molar refractivity (Wildman–Crippen MR) is 74.2 cm³/mol. The topological polar surface area (TPSA) is 30.2 Å². The van der Waals surface area contributed by atoms with Crippen LogP contribution in [0.3, 0.4) is 0 Å². The standard InChI is InChI=1S/C16H14O2/c1-9-4-5-14-12(7-9)15(17)13-8-10(2)6-11(3)16(13)18-14/h4-8H,1-3H3. The van der Waals surface area contributed by atoms with Gasteiger partial charge in [-0.1, -0.05) is 17.7 Å². The fraction of sp³-hybridized carbons (Fsp3) is 0.188. The van der Waals surface area contributed by atoms with Crippen LogP contribution in [0.15, 0.2) is 39.5 Å². The molecule has 0 fully saturated rings. The summed E-state index contributed by atoms with van der Waals surface area (Å²) in [5, 5.41) is 1.33. The molecule has 3 aromatic rings. The van der Waals surface area contributed by atoms with Gasteiger partial charge in [0.15, 0.2) is 0 Å². The highest BCUT2D eigenvalue weighted by Crippen LogP contribution is 2.23. The molecule has 0 aliphatic carbocycles. The van der Waals surface area contributed by atoms with Crippen molar-refractivity contribution in [3.63, 3.8) is 0 Å². The monoisotopic (exact) mass is 238 g/mol. The number of aryl methyl sites for hydroxylation is 3. The smallest absolute Gasteiger partial charge is 0.200 e. The Morgan fingerprint density at radius 1 is 0.889 bits per heavy atom. The van der Waals surface area contributed by atoms with E-state index in [1.165, 1.54) is 0 Å². The largest absolute Gasteiger partial charge is 0.456 e. The van der Waals surface area contributed by atoms with Crippen molar-refractivity contribution in [3.8, 4) is 0 Å². The van der Waals surface area contributed by atoms with Crippen LogP contribution in [0.5, 0.6) is 0 Å². The van der Waals surface area contributed by atoms with Gasteiger partial charge in [-0.05, 0) is 50.1 Å². The van der Waals surface area contributed by atoms with Crippen LogP contribution in [0.25, 0.3) is 21.9 Å². The Morgan fingerprint density at radius 3 is 2.39 bits per heavy atom. The van der Waals surface area contributed by atoms with Crippen LogP contribution in [0.2, 0.25) is 0 Å². The Balaban J connectivity index is 2.61. The van der Waals surface area contributed by atoms with Gasteiger partial charge in [-0.2, -0.15) is 0 Å². The Hall–Kier alpha value is -2.09. The third-order valence-electron chi connectivity index (χ3n) is 3.26. The van der Waals surface area contributed by atoms with E-state index in [9.17, 15) is 4.79 Å². The molecule has 0 spiro atoms. The van der Waals surface area contributed by atoms with Gasteiger partial charge < -0.3 is 4.42 Å². The van der Waals surface area contributed by atoms with Gasteiger partial charge in [0, 0.05) is 0 Å². The average Bonchev–Trinajstić information content (AvgIpc) is 2.32. The highest BCUT2D eigenvalue weighted by atomic mass is 16.3. The van der Waals surface area contributed by atoms with Crippen molar-refractivity contribution in [3.05, 3.63) is 57.2 Å². The molecule has 1 heterocycles. The first-order chi connectivity index (χ1) is 8.56. The maximum absolute atomic E-state index is 12.5. The normalized spacial score (nSPS) is 11.3. The average molecular weight is 238 g/mol. The van der Waals surface area contributed by atoms with E-state index in [1.807, 2.05) is 51.1 Å². The minimum absolute atomic E-state index is 0.0572. The summed E-state index contributed by atoms with van der Waals surface area (Å²) in [5.41, 5.74) is 4.57. The molecule has 0 aliphatic heterocycles. The Kier molecular flexibility index (Phi) is 2.27. The molecule has 90 valence electrons. The second-order valence-corrected chi connectivity index (χ2v) is 4.89. The van der Waals surface area contributed by atoms with Crippen molar-refractivity contribution in [1.29, 1.82) is 0 Å². The lowest BCUT2D eigenvalue weighted by Gasteiger charge is -2.05. The van der Waals surface area contributed by atoms with Crippen molar-refractivity contribution in [2.75, 3.05) is 0 Å². The number of hydrogen-bond donors (Lipinski definition) is 0. The molecule has 0 amide bonds. The summed E-state index contributed by atoms with van der Waals surface area (Å²) < 4.78 is 5.87. The zero-order valence-corrected chi connectivity index (χ0v) is 10.7. The third kappa shape index (κ3) is 1.53. The number of fused-ring (bicyclic) bond motifs is 2. The molecule has 2 heteroatoms. The zero-order chi connectivity index (χ0) is 12.9. The van der Waals surface area contributed by atoms with E-state index in [0.29, 0.717) is 21.9 Å². The lowest BCUT2D eigenvalue weighted by atomic mass is 10.0. The van der Waals surface area contributed by atoms with Gasteiger partial charge in [0.25, 0.3) is 0 Å². The molecule has 3 rings (SSSR count). The molecule has 0 atom stereocenters. The molecule has 0 saturated carbocycles. The lowest BCUT2D eigenvalue weighted by molar-refractivity contribution is 0.656. The summed E-state index contributed by atoms with van der Waals surface area (Å²) in [6, 6.07) is 9.64. The summed E-state index contributed by atoms with van der Waals surface area (Å²) in [4.78, 5) is 12.5. The van der Waals surface area contributed by atoms with Gasteiger partial charge in [-0.15, -0.1) is 0 Å². The second-order valence-electron chi connectivity index (χ2n) is 4.89. The zero-order valence-electron chi connectivity index (χ0n) is 10.7. The molecular formula is C16H14O2. The van der Waals surface area contributed by atoms with Crippen molar-refractivity contribution >= 4 is 21.9 Å². The molecule has 0 radical (unpaired) electrons. The van der Waals surface area contributed by atoms with Gasteiger partial charge in [-0.25, -0.2) is 0 Å². The first-order valence-corrected chi connectivity index (χ1v) is 6.01. The summed E-state index contributed by atoms with van der Waals surface area (Å²) in [5.74, 6) is 0.